The van der Waals surface area contributed by atoms with Crippen molar-refractivity contribution >= 4 is 15.6 Å². The summed E-state index contributed by atoms with van der Waals surface area (Å²) in [6.45, 7) is 0. The number of ketones is 1. The summed E-state index contributed by atoms with van der Waals surface area (Å²) in [6.07, 6.45) is 3.38. The van der Waals surface area contributed by atoms with Crippen LogP contribution in [0.25, 0.3) is 0 Å². The molecule has 1 N–H and O–H groups in total. The second-order valence-corrected chi connectivity index (χ2v) is 7.13. The average Bonchev–Trinajstić information content (AvgIpc) is 2.37. The fraction of sp³-hybridized carbons (Fsp3) is 0.909. The van der Waals surface area contributed by atoms with Gasteiger partial charge in [-0.15, -0.1) is 0 Å². The van der Waals surface area contributed by atoms with Crippen molar-refractivity contribution in [2.75, 3.05) is 11.5 Å². The van der Waals surface area contributed by atoms with Gasteiger partial charge < -0.3 is 5.11 Å². The van der Waals surface area contributed by atoms with Crippen LogP contribution in [-0.2, 0) is 14.6 Å². The highest BCUT2D eigenvalue weighted by Gasteiger charge is 2.43. The summed E-state index contributed by atoms with van der Waals surface area (Å²) >= 11 is 0. The molecule has 0 aromatic carbocycles. The lowest BCUT2D eigenvalue weighted by molar-refractivity contribution is -0.125. The third-order valence-corrected chi connectivity index (χ3v) is 5.48. The van der Waals surface area contributed by atoms with E-state index in [1.54, 1.807) is 0 Å². The molecule has 4 nitrogen and oxygen atoms in total. The lowest BCUT2D eigenvalue weighted by atomic mass is 9.83. The van der Waals surface area contributed by atoms with E-state index in [4.69, 9.17) is 0 Å². The maximum Gasteiger partial charge on any atom is 0.153 e. The number of aliphatic hydroxyl groups excluding tert-OH is 1. The highest BCUT2D eigenvalue weighted by atomic mass is 32.2. The molecule has 0 aromatic rings. The second-order valence-electron chi connectivity index (χ2n) is 4.98. The van der Waals surface area contributed by atoms with Crippen molar-refractivity contribution in [1.82, 2.24) is 0 Å². The molecule has 0 spiro atoms. The molecule has 3 atom stereocenters. The second kappa shape index (κ2) is 4.45. The van der Waals surface area contributed by atoms with Gasteiger partial charge in [0.2, 0.25) is 0 Å². The van der Waals surface area contributed by atoms with Gasteiger partial charge in [-0.3, -0.25) is 4.79 Å². The normalized spacial score (nSPS) is 39.6. The zero-order chi connectivity index (χ0) is 11.8. The topological polar surface area (TPSA) is 71.4 Å². The Morgan fingerprint density at radius 1 is 1.12 bits per heavy atom. The Balaban J connectivity index is 2.14. The van der Waals surface area contributed by atoms with Crippen LogP contribution in [0.15, 0.2) is 0 Å². The van der Waals surface area contributed by atoms with Gasteiger partial charge in [-0.05, 0) is 12.8 Å². The summed E-state index contributed by atoms with van der Waals surface area (Å²) in [6, 6.07) is 0. The molecule has 5 heteroatoms. The Bertz CT molecular complexity index is 373. The fourth-order valence-corrected chi connectivity index (χ4v) is 4.82. The Kier molecular flexibility index (Phi) is 3.35. The largest absolute Gasteiger partial charge is 0.392 e. The number of hydrogen-bond acceptors (Lipinski definition) is 4. The maximum atomic E-state index is 11.9. The molecule has 3 unspecified atom stereocenters. The zero-order valence-electron chi connectivity index (χ0n) is 9.26. The van der Waals surface area contributed by atoms with Gasteiger partial charge in [-0.2, -0.15) is 0 Å². The molecule has 2 fully saturated rings. The van der Waals surface area contributed by atoms with Crippen molar-refractivity contribution in [1.29, 1.82) is 0 Å². The molecule has 1 aliphatic heterocycles. The minimum absolute atomic E-state index is 0.00935. The lowest BCUT2D eigenvalue weighted by Crippen LogP contribution is -2.31. The molecule has 0 bridgehead atoms. The van der Waals surface area contributed by atoms with Crippen LogP contribution >= 0.6 is 0 Å². The van der Waals surface area contributed by atoms with E-state index >= 15 is 0 Å². The van der Waals surface area contributed by atoms with Gasteiger partial charge in [-0.25, -0.2) is 8.42 Å². The van der Waals surface area contributed by atoms with E-state index in [-0.39, 0.29) is 29.1 Å². The molecule has 0 aromatic heterocycles. The van der Waals surface area contributed by atoms with Crippen LogP contribution in [0.4, 0.5) is 0 Å². The Morgan fingerprint density at radius 3 is 2.50 bits per heavy atom. The van der Waals surface area contributed by atoms with E-state index in [0.717, 1.165) is 25.7 Å². The van der Waals surface area contributed by atoms with E-state index in [9.17, 15) is 18.3 Å². The van der Waals surface area contributed by atoms with Crippen LogP contribution in [0.3, 0.4) is 0 Å². The van der Waals surface area contributed by atoms with Gasteiger partial charge in [0.15, 0.2) is 9.84 Å². The molecule has 0 radical (unpaired) electrons. The zero-order valence-corrected chi connectivity index (χ0v) is 10.1. The summed E-state index contributed by atoms with van der Waals surface area (Å²) in [5, 5.41) is 9.76. The number of carbonyl (C=O) groups excluding carboxylic acids is 1. The third-order valence-electron chi connectivity index (χ3n) is 3.73. The van der Waals surface area contributed by atoms with Crippen LogP contribution < -0.4 is 0 Å². The maximum absolute atomic E-state index is 11.9. The molecule has 16 heavy (non-hydrogen) atoms. The third kappa shape index (κ3) is 2.46. The first-order valence-corrected chi connectivity index (χ1v) is 7.73. The quantitative estimate of drug-likeness (QED) is 0.685. The van der Waals surface area contributed by atoms with E-state index in [2.05, 4.69) is 0 Å². The lowest BCUT2D eigenvalue weighted by Gasteiger charge is -2.22. The number of Topliss-reactive ketones (excluding diaryl/α,β-unsaturated/α-hetero) is 1. The van der Waals surface area contributed by atoms with Crippen molar-refractivity contribution in [3.8, 4) is 0 Å². The molecule has 2 aliphatic rings. The van der Waals surface area contributed by atoms with Gasteiger partial charge in [0.05, 0.1) is 17.6 Å². The molecule has 1 saturated carbocycles. The molecule has 1 aliphatic carbocycles. The highest BCUT2D eigenvalue weighted by Crippen LogP contribution is 2.33. The van der Waals surface area contributed by atoms with Gasteiger partial charge in [0, 0.05) is 18.3 Å². The number of aliphatic hydroxyl groups is 1. The highest BCUT2D eigenvalue weighted by molar-refractivity contribution is 7.91. The summed E-state index contributed by atoms with van der Waals surface area (Å²) in [7, 11) is -3.13. The predicted molar refractivity (Wildman–Crippen MR) is 59.7 cm³/mol. The number of rotatable bonds is 1. The summed E-state index contributed by atoms with van der Waals surface area (Å²) in [5.74, 6) is -0.601. The molecule has 92 valence electrons. The standard InChI is InChI=1S/C11H18O4S/c12-10-5-3-1-2-4-8(10)9-6-16(14,15)7-11(9)13/h8-9,11,13H,1-7H2. The van der Waals surface area contributed by atoms with Crippen molar-refractivity contribution in [2.45, 2.75) is 38.2 Å². The minimum Gasteiger partial charge on any atom is -0.392 e. The average molecular weight is 246 g/mol. The van der Waals surface area contributed by atoms with Gasteiger partial charge in [0.25, 0.3) is 0 Å². The molecule has 0 amide bonds. The number of hydrogen-bond donors (Lipinski definition) is 1. The Morgan fingerprint density at radius 2 is 1.88 bits per heavy atom. The van der Waals surface area contributed by atoms with Crippen molar-refractivity contribution in [2.24, 2.45) is 11.8 Å². The van der Waals surface area contributed by atoms with E-state index in [1.807, 2.05) is 0 Å². The molecule has 1 saturated heterocycles. The summed E-state index contributed by atoms with van der Waals surface area (Å²) < 4.78 is 22.8. The van der Waals surface area contributed by atoms with Gasteiger partial charge >= 0.3 is 0 Å². The van der Waals surface area contributed by atoms with Crippen LogP contribution in [0, 0.1) is 11.8 Å². The van der Waals surface area contributed by atoms with E-state index in [0.29, 0.717) is 6.42 Å². The first-order chi connectivity index (χ1) is 7.49. The number of carbonyl (C=O) groups is 1. The van der Waals surface area contributed by atoms with Crippen LogP contribution in [-0.4, -0.2) is 36.9 Å². The smallest absolute Gasteiger partial charge is 0.153 e. The molecular formula is C11H18O4S. The molecular weight excluding hydrogens is 228 g/mol. The number of sulfone groups is 1. The summed E-state index contributed by atoms with van der Waals surface area (Å²) in [4.78, 5) is 11.9. The van der Waals surface area contributed by atoms with Crippen LogP contribution in [0.1, 0.15) is 32.1 Å². The van der Waals surface area contributed by atoms with Crippen LogP contribution in [0.2, 0.25) is 0 Å². The van der Waals surface area contributed by atoms with Crippen LogP contribution in [0.5, 0.6) is 0 Å². The molecule has 1 heterocycles. The van der Waals surface area contributed by atoms with Crippen molar-refractivity contribution in [3.05, 3.63) is 0 Å². The first kappa shape index (κ1) is 12.0. The predicted octanol–water partition coefficient (Wildman–Crippen LogP) is 0.541. The molecule has 2 rings (SSSR count). The SMILES string of the molecule is O=C1CCCCCC1C1CS(=O)(=O)CC1O. The first-order valence-electron chi connectivity index (χ1n) is 5.91. The van der Waals surface area contributed by atoms with E-state index in [1.165, 1.54) is 0 Å². The van der Waals surface area contributed by atoms with Crippen molar-refractivity contribution in [3.63, 3.8) is 0 Å². The Hall–Kier alpha value is -0.420. The van der Waals surface area contributed by atoms with Gasteiger partial charge in [-0.1, -0.05) is 12.8 Å². The van der Waals surface area contributed by atoms with Crippen molar-refractivity contribution < 1.29 is 18.3 Å². The fourth-order valence-electron chi connectivity index (χ4n) is 2.88. The Labute approximate surface area is 96.0 Å². The monoisotopic (exact) mass is 246 g/mol. The van der Waals surface area contributed by atoms with Gasteiger partial charge in [0.1, 0.15) is 5.78 Å². The minimum atomic E-state index is -3.13. The van der Waals surface area contributed by atoms with E-state index < -0.39 is 15.9 Å². The summed E-state index contributed by atoms with van der Waals surface area (Å²) in [5.41, 5.74) is 0.